The molecule has 0 unspecified atom stereocenters. The van der Waals surface area contributed by atoms with Crippen molar-refractivity contribution in [2.75, 3.05) is 33.2 Å². The molecule has 0 aromatic heterocycles. The zero-order valence-electron chi connectivity index (χ0n) is 12.4. The van der Waals surface area contributed by atoms with Gasteiger partial charge in [0.05, 0.1) is 4.90 Å². The first-order valence-electron chi connectivity index (χ1n) is 6.91. The van der Waals surface area contributed by atoms with Gasteiger partial charge in [0.15, 0.2) is 0 Å². The van der Waals surface area contributed by atoms with E-state index in [1.807, 2.05) is 7.05 Å². The van der Waals surface area contributed by atoms with E-state index in [1.54, 1.807) is 29.4 Å². The fraction of sp³-hybridized carbons (Fsp3) is 0.500. The first-order chi connectivity index (χ1) is 9.82. The Morgan fingerprint density at radius 3 is 2.57 bits per heavy atom. The molecule has 21 heavy (non-hydrogen) atoms. The maximum Gasteiger partial charge on any atom is 0.243 e. The van der Waals surface area contributed by atoms with Crippen LogP contribution in [0.15, 0.2) is 23.1 Å². The number of likely N-dealkylation sites (N-methyl/N-ethyl adjacent to an activating group) is 1. The summed E-state index contributed by atoms with van der Waals surface area (Å²) in [7, 11) is -1.45. The lowest BCUT2D eigenvalue weighted by Crippen LogP contribution is -2.34. The molecular formula is C14H21N3O2S2. The molecule has 1 aromatic carbocycles. The van der Waals surface area contributed by atoms with Crippen LogP contribution in [-0.4, -0.2) is 55.8 Å². The number of thiocarbonyl (C=S) groups is 1. The van der Waals surface area contributed by atoms with Crippen LogP contribution in [0.3, 0.4) is 0 Å². The second-order valence-electron chi connectivity index (χ2n) is 5.41. The second-order valence-corrected chi connectivity index (χ2v) is 7.75. The number of nitrogens with zero attached hydrogens (tertiary/aromatic N) is 2. The average molecular weight is 327 g/mol. The topological polar surface area (TPSA) is 66.6 Å². The van der Waals surface area contributed by atoms with Crippen LogP contribution in [0.2, 0.25) is 0 Å². The van der Waals surface area contributed by atoms with E-state index in [2.05, 4.69) is 4.90 Å². The van der Waals surface area contributed by atoms with Crippen LogP contribution in [0.5, 0.6) is 0 Å². The van der Waals surface area contributed by atoms with E-state index in [0.717, 1.165) is 19.5 Å². The molecule has 1 heterocycles. The second kappa shape index (κ2) is 6.39. The van der Waals surface area contributed by atoms with Crippen molar-refractivity contribution >= 4 is 27.2 Å². The summed E-state index contributed by atoms with van der Waals surface area (Å²) < 4.78 is 27.2. The van der Waals surface area contributed by atoms with E-state index in [9.17, 15) is 8.42 Å². The molecule has 0 bridgehead atoms. The molecule has 1 aliphatic heterocycles. The number of hydrogen-bond acceptors (Lipinski definition) is 4. The number of aryl methyl sites for hydroxylation is 1. The van der Waals surface area contributed by atoms with Gasteiger partial charge in [-0.2, -0.15) is 4.31 Å². The predicted molar refractivity (Wildman–Crippen MR) is 87.9 cm³/mol. The standard InChI is InChI=1S/C14H21N3O2S2/c1-11-10-12(14(15)20)4-5-13(11)21(18,19)17-7-3-6-16(2)8-9-17/h4-5,10H,3,6-9H2,1-2H3,(H2,15,20). The fourth-order valence-corrected chi connectivity index (χ4v) is 4.30. The minimum atomic E-state index is -3.46. The highest BCUT2D eigenvalue weighted by molar-refractivity contribution is 7.89. The van der Waals surface area contributed by atoms with Crippen LogP contribution in [-0.2, 0) is 10.0 Å². The summed E-state index contributed by atoms with van der Waals surface area (Å²) in [6.45, 7) is 4.53. The maximum absolute atomic E-state index is 12.8. The Hall–Kier alpha value is -1.02. The summed E-state index contributed by atoms with van der Waals surface area (Å²) in [4.78, 5) is 2.77. The van der Waals surface area contributed by atoms with Crippen molar-refractivity contribution in [3.63, 3.8) is 0 Å². The maximum atomic E-state index is 12.8. The largest absolute Gasteiger partial charge is 0.389 e. The summed E-state index contributed by atoms with van der Waals surface area (Å²) in [6.07, 6.45) is 0.847. The van der Waals surface area contributed by atoms with Gasteiger partial charge < -0.3 is 10.6 Å². The molecule has 5 nitrogen and oxygen atoms in total. The van der Waals surface area contributed by atoms with Crippen molar-refractivity contribution in [3.8, 4) is 0 Å². The van der Waals surface area contributed by atoms with Crippen LogP contribution < -0.4 is 5.73 Å². The Bertz CT molecular complexity index is 644. The van der Waals surface area contributed by atoms with Gasteiger partial charge in [-0.05, 0) is 44.6 Å². The quantitative estimate of drug-likeness (QED) is 0.838. The Balaban J connectivity index is 2.33. The molecule has 0 saturated carbocycles. The van der Waals surface area contributed by atoms with E-state index in [0.29, 0.717) is 29.1 Å². The highest BCUT2D eigenvalue weighted by Crippen LogP contribution is 2.22. The van der Waals surface area contributed by atoms with Gasteiger partial charge in [0, 0.05) is 25.2 Å². The molecule has 1 fully saturated rings. The molecule has 0 radical (unpaired) electrons. The molecule has 2 N–H and O–H groups in total. The summed E-state index contributed by atoms with van der Waals surface area (Å²) in [5.74, 6) is 0. The Morgan fingerprint density at radius 1 is 1.24 bits per heavy atom. The van der Waals surface area contributed by atoms with Gasteiger partial charge in [0.2, 0.25) is 10.0 Å². The van der Waals surface area contributed by atoms with Crippen molar-refractivity contribution in [2.24, 2.45) is 5.73 Å². The van der Waals surface area contributed by atoms with E-state index >= 15 is 0 Å². The summed E-state index contributed by atoms with van der Waals surface area (Å²) in [5, 5.41) is 0. The number of nitrogens with two attached hydrogens (primary N) is 1. The molecule has 0 amide bonds. The van der Waals surface area contributed by atoms with Crippen LogP contribution in [0.25, 0.3) is 0 Å². The molecule has 2 rings (SSSR count). The SMILES string of the molecule is Cc1cc(C(N)=S)ccc1S(=O)(=O)N1CCCN(C)CC1. The highest BCUT2D eigenvalue weighted by Gasteiger charge is 2.27. The third kappa shape index (κ3) is 3.60. The first kappa shape index (κ1) is 16.4. The molecule has 1 aromatic rings. The third-order valence-corrected chi connectivity index (χ3v) is 6.05. The van der Waals surface area contributed by atoms with Crippen LogP contribution >= 0.6 is 12.2 Å². The van der Waals surface area contributed by atoms with Gasteiger partial charge >= 0.3 is 0 Å². The minimum absolute atomic E-state index is 0.276. The Morgan fingerprint density at radius 2 is 1.95 bits per heavy atom. The smallest absolute Gasteiger partial charge is 0.243 e. The minimum Gasteiger partial charge on any atom is -0.389 e. The van der Waals surface area contributed by atoms with E-state index in [4.69, 9.17) is 18.0 Å². The summed E-state index contributed by atoms with van der Waals surface area (Å²) in [6, 6.07) is 5.01. The third-order valence-electron chi connectivity index (χ3n) is 3.76. The van der Waals surface area contributed by atoms with Gasteiger partial charge in [-0.1, -0.05) is 18.3 Å². The van der Waals surface area contributed by atoms with Crippen molar-refractivity contribution in [1.29, 1.82) is 0 Å². The lowest BCUT2D eigenvalue weighted by Gasteiger charge is -2.21. The number of benzene rings is 1. The first-order valence-corrected chi connectivity index (χ1v) is 8.76. The number of hydrogen-bond donors (Lipinski definition) is 1. The average Bonchev–Trinajstić information content (AvgIpc) is 2.63. The van der Waals surface area contributed by atoms with E-state index < -0.39 is 10.0 Å². The summed E-state index contributed by atoms with van der Waals surface area (Å²) >= 11 is 4.93. The van der Waals surface area contributed by atoms with E-state index in [-0.39, 0.29) is 4.99 Å². The molecule has 1 aliphatic rings. The summed E-state index contributed by atoms with van der Waals surface area (Å²) in [5.41, 5.74) is 6.96. The molecular weight excluding hydrogens is 306 g/mol. The van der Waals surface area contributed by atoms with Gasteiger partial charge in [-0.25, -0.2) is 8.42 Å². The van der Waals surface area contributed by atoms with Gasteiger partial charge in [-0.15, -0.1) is 0 Å². The molecule has 116 valence electrons. The molecule has 0 atom stereocenters. The van der Waals surface area contributed by atoms with Crippen LogP contribution in [0.1, 0.15) is 17.5 Å². The fourth-order valence-electron chi connectivity index (χ4n) is 2.49. The Labute approximate surface area is 131 Å². The van der Waals surface area contributed by atoms with Gasteiger partial charge in [0.1, 0.15) is 4.99 Å². The number of sulfonamides is 1. The van der Waals surface area contributed by atoms with Gasteiger partial charge in [0.25, 0.3) is 0 Å². The highest BCUT2D eigenvalue weighted by atomic mass is 32.2. The molecule has 1 saturated heterocycles. The van der Waals surface area contributed by atoms with Gasteiger partial charge in [-0.3, -0.25) is 0 Å². The zero-order chi connectivity index (χ0) is 15.6. The van der Waals surface area contributed by atoms with Crippen molar-refractivity contribution in [2.45, 2.75) is 18.2 Å². The van der Waals surface area contributed by atoms with E-state index in [1.165, 1.54) is 0 Å². The predicted octanol–water partition coefficient (Wildman–Crippen LogP) is 0.955. The zero-order valence-corrected chi connectivity index (χ0v) is 14.0. The molecule has 7 heteroatoms. The normalized spacial score (nSPS) is 18.4. The van der Waals surface area contributed by atoms with Crippen molar-refractivity contribution < 1.29 is 8.42 Å². The molecule has 0 spiro atoms. The lowest BCUT2D eigenvalue weighted by molar-refractivity contribution is 0.347. The lowest BCUT2D eigenvalue weighted by atomic mass is 10.1. The Kier molecular flexibility index (Phi) is 4.98. The van der Waals surface area contributed by atoms with Crippen LogP contribution in [0.4, 0.5) is 0 Å². The number of rotatable bonds is 3. The molecule has 0 aliphatic carbocycles. The van der Waals surface area contributed by atoms with Crippen LogP contribution in [0, 0.1) is 6.92 Å². The van der Waals surface area contributed by atoms with Crippen molar-refractivity contribution in [3.05, 3.63) is 29.3 Å². The van der Waals surface area contributed by atoms with Crippen molar-refractivity contribution in [1.82, 2.24) is 9.21 Å². The monoisotopic (exact) mass is 327 g/mol.